The van der Waals surface area contributed by atoms with E-state index in [1.165, 1.54) is 24.7 Å². The summed E-state index contributed by atoms with van der Waals surface area (Å²) in [6.07, 6.45) is 5.62. The molecule has 0 radical (unpaired) electrons. The highest BCUT2D eigenvalue weighted by atomic mass is 32.1. The number of carbonyl (C=O) groups excluding carboxylic acids is 2. The molecule has 23 heavy (non-hydrogen) atoms. The van der Waals surface area contributed by atoms with Crippen LogP contribution in [0.2, 0.25) is 0 Å². The molecule has 0 aromatic carbocycles. The molecule has 1 atom stereocenters. The van der Waals surface area contributed by atoms with E-state index in [1.54, 1.807) is 6.07 Å². The fourth-order valence-electron chi connectivity index (χ4n) is 3.02. The molecule has 1 fully saturated rings. The fourth-order valence-corrected chi connectivity index (χ4v) is 3.89. The van der Waals surface area contributed by atoms with Crippen molar-refractivity contribution in [2.75, 3.05) is 6.54 Å². The first-order chi connectivity index (χ1) is 10.9. The highest BCUT2D eigenvalue weighted by Crippen LogP contribution is 2.32. The maximum Gasteiger partial charge on any atom is 0.261 e. The number of thiophene rings is 1. The summed E-state index contributed by atoms with van der Waals surface area (Å²) in [5, 5.41) is 16.2. The molecular weight excluding hydrogens is 312 g/mol. The topological polar surface area (TPSA) is 78.4 Å². The van der Waals surface area contributed by atoms with Crippen LogP contribution in [0.1, 0.15) is 60.5 Å². The van der Waals surface area contributed by atoms with E-state index in [2.05, 4.69) is 10.6 Å². The lowest BCUT2D eigenvalue weighted by atomic mass is 9.78. The molecule has 0 saturated heterocycles. The van der Waals surface area contributed by atoms with Crippen LogP contribution in [0.4, 0.5) is 0 Å². The highest BCUT2D eigenvalue weighted by Gasteiger charge is 2.33. The minimum atomic E-state index is -0.855. The van der Waals surface area contributed by atoms with Crippen molar-refractivity contribution < 1.29 is 14.7 Å². The molecule has 1 heterocycles. The Morgan fingerprint density at radius 2 is 1.96 bits per heavy atom. The summed E-state index contributed by atoms with van der Waals surface area (Å²) >= 11 is 1.36. The molecule has 1 saturated carbocycles. The number of hydrogen-bond donors (Lipinski definition) is 3. The van der Waals surface area contributed by atoms with Gasteiger partial charge in [0.05, 0.1) is 17.0 Å². The van der Waals surface area contributed by atoms with Gasteiger partial charge < -0.3 is 15.7 Å². The van der Waals surface area contributed by atoms with Crippen molar-refractivity contribution >= 4 is 23.2 Å². The molecule has 0 spiro atoms. The van der Waals surface area contributed by atoms with Crippen LogP contribution in [0.3, 0.4) is 0 Å². The summed E-state index contributed by atoms with van der Waals surface area (Å²) in [6.45, 7) is 4.00. The maximum atomic E-state index is 12.2. The van der Waals surface area contributed by atoms with Crippen LogP contribution in [0.25, 0.3) is 0 Å². The van der Waals surface area contributed by atoms with Crippen LogP contribution in [-0.4, -0.2) is 29.1 Å². The van der Waals surface area contributed by atoms with Crippen LogP contribution < -0.4 is 10.6 Å². The SMILES string of the molecule is CC(=O)NCc1ccc(C(=O)NCC(C)(O)C2CCCCC2)s1. The monoisotopic (exact) mass is 338 g/mol. The first-order valence-corrected chi connectivity index (χ1v) is 9.04. The lowest BCUT2D eigenvalue weighted by molar-refractivity contribution is -0.119. The van der Waals surface area contributed by atoms with Gasteiger partial charge in [-0.25, -0.2) is 0 Å². The van der Waals surface area contributed by atoms with E-state index in [4.69, 9.17) is 0 Å². The molecule has 1 unspecified atom stereocenters. The van der Waals surface area contributed by atoms with Crippen molar-refractivity contribution in [1.29, 1.82) is 0 Å². The van der Waals surface area contributed by atoms with Crippen molar-refractivity contribution in [3.63, 3.8) is 0 Å². The molecule has 6 heteroatoms. The zero-order valence-electron chi connectivity index (χ0n) is 13.9. The van der Waals surface area contributed by atoms with Gasteiger partial charge in [0.1, 0.15) is 0 Å². The second-order valence-electron chi connectivity index (χ2n) is 6.55. The summed E-state index contributed by atoms with van der Waals surface area (Å²) in [4.78, 5) is 24.7. The molecule has 128 valence electrons. The van der Waals surface area contributed by atoms with E-state index in [9.17, 15) is 14.7 Å². The lowest BCUT2D eigenvalue weighted by Crippen LogP contribution is -2.46. The third kappa shape index (κ3) is 5.32. The van der Waals surface area contributed by atoms with E-state index < -0.39 is 5.60 Å². The summed E-state index contributed by atoms with van der Waals surface area (Å²) in [6, 6.07) is 3.60. The maximum absolute atomic E-state index is 12.2. The number of nitrogens with one attached hydrogen (secondary N) is 2. The number of amides is 2. The Morgan fingerprint density at radius 3 is 2.61 bits per heavy atom. The van der Waals surface area contributed by atoms with Crippen LogP contribution in [-0.2, 0) is 11.3 Å². The van der Waals surface area contributed by atoms with Crippen LogP contribution in [0.15, 0.2) is 12.1 Å². The fraction of sp³-hybridized carbons (Fsp3) is 0.647. The van der Waals surface area contributed by atoms with Gasteiger partial charge in [-0.05, 0) is 37.8 Å². The molecule has 1 aliphatic carbocycles. The zero-order valence-corrected chi connectivity index (χ0v) is 14.7. The summed E-state index contributed by atoms with van der Waals surface area (Å²) in [7, 11) is 0. The zero-order chi connectivity index (χ0) is 16.9. The van der Waals surface area contributed by atoms with Crippen LogP contribution in [0, 0.1) is 5.92 Å². The summed E-state index contributed by atoms with van der Waals surface area (Å²) < 4.78 is 0. The van der Waals surface area contributed by atoms with Crippen molar-refractivity contribution in [1.82, 2.24) is 10.6 Å². The Balaban J connectivity index is 1.85. The smallest absolute Gasteiger partial charge is 0.261 e. The third-order valence-corrected chi connectivity index (χ3v) is 5.57. The molecule has 0 aliphatic heterocycles. The average Bonchev–Trinajstić information content (AvgIpc) is 3.00. The Hall–Kier alpha value is -1.40. The van der Waals surface area contributed by atoms with E-state index >= 15 is 0 Å². The van der Waals surface area contributed by atoms with Crippen LogP contribution >= 0.6 is 11.3 Å². The van der Waals surface area contributed by atoms with E-state index in [1.807, 2.05) is 13.0 Å². The molecule has 2 amide bonds. The molecule has 1 aromatic rings. The van der Waals surface area contributed by atoms with E-state index in [0.29, 0.717) is 11.4 Å². The highest BCUT2D eigenvalue weighted by molar-refractivity contribution is 7.14. The van der Waals surface area contributed by atoms with Gasteiger partial charge in [-0.15, -0.1) is 11.3 Å². The molecule has 1 aliphatic rings. The number of carbonyl (C=O) groups is 2. The first kappa shape index (κ1) is 17.9. The van der Waals surface area contributed by atoms with Gasteiger partial charge in [-0.2, -0.15) is 0 Å². The Bertz CT molecular complexity index is 548. The molecule has 0 bridgehead atoms. The second kappa shape index (κ2) is 7.93. The third-order valence-electron chi connectivity index (χ3n) is 4.49. The van der Waals surface area contributed by atoms with Crippen molar-refractivity contribution in [3.8, 4) is 0 Å². The minimum absolute atomic E-state index is 0.0899. The Labute approximate surface area is 141 Å². The number of rotatable bonds is 6. The molecular formula is C17H26N2O3S. The van der Waals surface area contributed by atoms with Gasteiger partial charge in [0.15, 0.2) is 0 Å². The van der Waals surface area contributed by atoms with Crippen molar-refractivity contribution in [2.24, 2.45) is 5.92 Å². The van der Waals surface area contributed by atoms with Gasteiger partial charge in [0.2, 0.25) is 5.91 Å². The van der Waals surface area contributed by atoms with Crippen LogP contribution in [0.5, 0.6) is 0 Å². The van der Waals surface area contributed by atoms with E-state index in [-0.39, 0.29) is 24.3 Å². The molecule has 3 N–H and O–H groups in total. The van der Waals surface area contributed by atoms with Crippen molar-refractivity contribution in [3.05, 3.63) is 21.9 Å². The van der Waals surface area contributed by atoms with Gasteiger partial charge in [0, 0.05) is 18.3 Å². The quantitative estimate of drug-likeness (QED) is 0.745. The Kier molecular flexibility index (Phi) is 6.18. The summed E-state index contributed by atoms with van der Waals surface area (Å²) in [5.74, 6) is 0.00306. The normalized spacial score (nSPS) is 18.2. The first-order valence-electron chi connectivity index (χ1n) is 8.22. The molecule has 5 nitrogen and oxygen atoms in total. The standard InChI is InChI=1S/C17H26N2O3S/c1-12(20)18-10-14-8-9-15(23-14)16(21)19-11-17(2,22)13-6-4-3-5-7-13/h8-9,13,22H,3-7,10-11H2,1-2H3,(H,18,20)(H,19,21). The Morgan fingerprint density at radius 1 is 1.26 bits per heavy atom. The minimum Gasteiger partial charge on any atom is -0.388 e. The number of hydrogen-bond acceptors (Lipinski definition) is 4. The van der Waals surface area contributed by atoms with Crippen molar-refractivity contribution in [2.45, 2.75) is 58.1 Å². The second-order valence-corrected chi connectivity index (χ2v) is 7.72. The van der Waals surface area contributed by atoms with Gasteiger partial charge in [-0.1, -0.05) is 19.3 Å². The number of aliphatic hydroxyl groups is 1. The van der Waals surface area contributed by atoms with Gasteiger partial charge in [-0.3, -0.25) is 9.59 Å². The molecule has 1 aromatic heterocycles. The predicted octanol–water partition coefficient (Wildman–Crippen LogP) is 2.45. The van der Waals surface area contributed by atoms with E-state index in [0.717, 1.165) is 30.6 Å². The van der Waals surface area contributed by atoms with Gasteiger partial charge in [0.25, 0.3) is 5.91 Å². The largest absolute Gasteiger partial charge is 0.388 e. The lowest BCUT2D eigenvalue weighted by Gasteiger charge is -2.35. The molecule has 2 rings (SSSR count). The average molecular weight is 338 g/mol. The summed E-state index contributed by atoms with van der Waals surface area (Å²) in [5.41, 5.74) is -0.855. The predicted molar refractivity (Wildman–Crippen MR) is 91.4 cm³/mol. The van der Waals surface area contributed by atoms with Gasteiger partial charge >= 0.3 is 0 Å².